The Kier molecular flexibility index (Phi) is 6.58. The number of benzene rings is 2. The van der Waals surface area contributed by atoms with Crippen molar-refractivity contribution < 1.29 is 18.0 Å². The summed E-state index contributed by atoms with van der Waals surface area (Å²) in [6.45, 7) is 5.70. The fourth-order valence-electron chi connectivity index (χ4n) is 3.42. The van der Waals surface area contributed by atoms with Crippen molar-refractivity contribution in [2.24, 2.45) is 5.92 Å². The van der Waals surface area contributed by atoms with Gasteiger partial charge in [0.2, 0.25) is 15.9 Å². The first-order chi connectivity index (χ1) is 14.2. The third-order valence-electron chi connectivity index (χ3n) is 4.94. The van der Waals surface area contributed by atoms with E-state index in [2.05, 4.69) is 15.4 Å². The molecule has 0 saturated heterocycles. The lowest BCUT2D eigenvalue weighted by Crippen LogP contribution is -2.35. The van der Waals surface area contributed by atoms with Gasteiger partial charge in [0.1, 0.15) is 0 Å². The van der Waals surface area contributed by atoms with Crippen LogP contribution < -0.4 is 15.4 Å². The first kappa shape index (κ1) is 22.0. The Morgan fingerprint density at radius 3 is 2.13 bits per heavy atom. The summed E-state index contributed by atoms with van der Waals surface area (Å²) in [5.74, 6) is -0.181. The first-order valence-electron chi connectivity index (χ1n) is 9.94. The highest BCUT2D eigenvalue weighted by atomic mass is 32.2. The minimum Gasteiger partial charge on any atom is -0.351 e. The quantitative estimate of drug-likeness (QED) is 0.561. The molecule has 1 saturated carbocycles. The molecule has 0 bridgehead atoms. The maximum Gasteiger partial charge on any atom is 0.251 e. The van der Waals surface area contributed by atoms with Crippen LogP contribution in [0.3, 0.4) is 0 Å². The molecule has 30 heavy (non-hydrogen) atoms. The van der Waals surface area contributed by atoms with Gasteiger partial charge in [0.25, 0.3) is 5.91 Å². The molecule has 2 aromatic rings. The number of hydrogen-bond acceptors (Lipinski definition) is 4. The average molecular weight is 430 g/mol. The molecule has 1 fully saturated rings. The molecule has 8 heteroatoms. The second-order valence-corrected chi connectivity index (χ2v) is 9.43. The zero-order valence-corrected chi connectivity index (χ0v) is 18.2. The molecule has 0 unspecified atom stereocenters. The third-order valence-corrected chi connectivity index (χ3v) is 6.70. The lowest BCUT2D eigenvalue weighted by molar-refractivity contribution is -0.117. The highest BCUT2D eigenvalue weighted by Gasteiger charge is 2.29. The third kappa shape index (κ3) is 5.46. The van der Waals surface area contributed by atoms with Crippen LogP contribution in [0.1, 0.15) is 39.9 Å². The van der Waals surface area contributed by atoms with E-state index in [1.807, 2.05) is 19.1 Å². The molecule has 0 aromatic heterocycles. The van der Waals surface area contributed by atoms with Crippen LogP contribution >= 0.6 is 0 Å². The second-order valence-electron chi connectivity index (χ2n) is 7.72. The normalized spacial score (nSPS) is 13.7. The van der Waals surface area contributed by atoms with Crippen LogP contribution in [0.15, 0.2) is 41.3 Å². The van der Waals surface area contributed by atoms with Crippen LogP contribution in [-0.4, -0.2) is 33.3 Å². The van der Waals surface area contributed by atoms with Crippen LogP contribution in [0.5, 0.6) is 0 Å². The molecule has 2 aromatic carbocycles. The number of aryl methyl sites for hydroxylation is 3. The molecular weight excluding hydrogens is 402 g/mol. The van der Waals surface area contributed by atoms with Crippen molar-refractivity contribution in [1.82, 2.24) is 10.0 Å². The van der Waals surface area contributed by atoms with Crippen LogP contribution in [0.25, 0.3) is 0 Å². The summed E-state index contributed by atoms with van der Waals surface area (Å²) < 4.78 is 27.8. The minimum atomic E-state index is -3.66. The predicted octanol–water partition coefficient (Wildman–Crippen LogP) is 2.67. The highest BCUT2D eigenvalue weighted by Crippen LogP contribution is 2.30. The van der Waals surface area contributed by atoms with Crippen molar-refractivity contribution in [3.8, 4) is 0 Å². The summed E-state index contributed by atoms with van der Waals surface area (Å²) in [5, 5.41) is 5.52. The van der Waals surface area contributed by atoms with Gasteiger partial charge >= 0.3 is 0 Å². The zero-order valence-electron chi connectivity index (χ0n) is 17.4. The van der Waals surface area contributed by atoms with E-state index in [1.165, 1.54) is 0 Å². The maximum atomic E-state index is 12.6. The number of carbonyl (C=O) groups excluding carboxylic acids is 2. The Hall–Kier alpha value is -2.71. The van der Waals surface area contributed by atoms with Crippen molar-refractivity contribution in [3.05, 3.63) is 58.7 Å². The fraction of sp³-hybridized carbons (Fsp3) is 0.364. The molecule has 0 aliphatic heterocycles. The van der Waals surface area contributed by atoms with Gasteiger partial charge in [0.05, 0.1) is 4.90 Å². The minimum absolute atomic E-state index is 0.0125. The fourth-order valence-corrected chi connectivity index (χ4v) is 4.90. The molecule has 1 aliphatic carbocycles. The first-order valence-corrected chi connectivity index (χ1v) is 11.4. The van der Waals surface area contributed by atoms with Gasteiger partial charge in [-0.1, -0.05) is 17.7 Å². The topological polar surface area (TPSA) is 104 Å². The molecule has 3 N–H and O–H groups in total. The number of rotatable bonds is 8. The van der Waals surface area contributed by atoms with Crippen molar-refractivity contribution >= 4 is 27.5 Å². The van der Waals surface area contributed by atoms with E-state index < -0.39 is 10.0 Å². The van der Waals surface area contributed by atoms with Crippen molar-refractivity contribution in [2.75, 3.05) is 18.4 Å². The van der Waals surface area contributed by atoms with Gasteiger partial charge in [-0.2, -0.15) is 0 Å². The summed E-state index contributed by atoms with van der Waals surface area (Å²) in [6, 6.07) is 10.3. The molecule has 0 spiro atoms. The molecule has 0 atom stereocenters. The molecule has 2 amide bonds. The maximum absolute atomic E-state index is 12.6. The van der Waals surface area contributed by atoms with Crippen molar-refractivity contribution in [1.29, 1.82) is 0 Å². The molecule has 1 aliphatic rings. The SMILES string of the molecule is Cc1cc(C)c(S(=O)(=O)NCCNC(=O)c2ccc(NC(=O)C3CC3)cc2)c(C)c1. The van der Waals surface area contributed by atoms with Crippen LogP contribution in [-0.2, 0) is 14.8 Å². The largest absolute Gasteiger partial charge is 0.351 e. The van der Waals surface area contributed by atoms with E-state index in [0.29, 0.717) is 22.4 Å². The van der Waals surface area contributed by atoms with Crippen molar-refractivity contribution in [3.63, 3.8) is 0 Å². The van der Waals surface area contributed by atoms with Gasteiger partial charge in [0, 0.05) is 30.3 Å². The Bertz CT molecular complexity index is 1040. The molecule has 3 rings (SSSR count). The van der Waals surface area contributed by atoms with E-state index in [1.54, 1.807) is 38.1 Å². The number of sulfonamides is 1. The van der Waals surface area contributed by atoms with Gasteiger partial charge in [-0.05, 0) is 69.0 Å². The average Bonchev–Trinajstić information content (AvgIpc) is 3.50. The number of hydrogen-bond donors (Lipinski definition) is 3. The number of carbonyl (C=O) groups is 2. The highest BCUT2D eigenvalue weighted by molar-refractivity contribution is 7.89. The molecule has 0 radical (unpaired) electrons. The Labute approximate surface area is 177 Å². The standard InChI is InChI=1S/C22H27N3O4S/c1-14-12-15(2)20(16(3)13-14)30(28,29)24-11-10-23-21(26)17-6-8-19(9-7-17)25-22(27)18-4-5-18/h6-9,12-13,18,24H,4-5,10-11H2,1-3H3,(H,23,26)(H,25,27). The smallest absolute Gasteiger partial charge is 0.251 e. The van der Waals surface area contributed by atoms with Gasteiger partial charge in [-0.3, -0.25) is 9.59 Å². The Morgan fingerprint density at radius 2 is 1.57 bits per heavy atom. The number of nitrogens with one attached hydrogen (secondary N) is 3. The second kappa shape index (κ2) is 8.97. The van der Waals surface area contributed by atoms with Crippen LogP contribution in [0.4, 0.5) is 5.69 Å². The van der Waals surface area contributed by atoms with E-state index in [0.717, 1.165) is 18.4 Å². The number of amides is 2. The van der Waals surface area contributed by atoms with Crippen LogP contribution in [0.2, 0.25) is 0 Å². The summed E-state index contributed by atoms with van der Waals surface area (Å²) in [4.78, 5) is 24.3. The van der Waals surface area contributed by atoms with Crippen molar-refractivity contribution in [2.45, 2.75) is 38.5 Å². The summed E-state index contributed by atoms with van der Waals surface area (Å²) in [7, 11) is -3.66. The summed E-state index contributed by atoms with van der Waals surface area (Å²) in [5.41, 5.74) is 3.48. The van der Waals surface area contributed by atoms with Gasteiger partial charge in [-0.25, -0.2) is 13.1 Å². The monoisotopic (exact) mass is 429 g/mol. The predicted molar refractivity (Wildman–Crippen MR) is 116 cm³/mol. The van der Waals surface area contributed by atoms with E-state index in [-0.39, 0.29) is 35.7 Å². The molecule has 7 nitrogen and oxygen atoms in total. The van der Waals surface area contributed by atoms with E-state index in [4.69, 9.17) is 0 Å². The Morgan fingerprint density at radius 1 is 0.967 bits per heavy atom. The van der Waals surface area contributed by atoms with Crippen LogP contribution in [0, 0.1) is 26.7 Å². The van der Waals surface area contributed by atoms with Gasteiger partial charge in [0.15, 0.2) is 0 Å². The van der Waals surface area contributed by atoms with Gasteiger partial charge < -0.3 is 10.6 Å². The number of anilines is 1. The summed E-state index contributed by atoms with van der Waals surface area (Å²) in [6.07, 6.45) is 1.86. The zero-order chi connectivity index (χ0) is 21.9. The molecular formula is C22H27N3O4S. The van der Waals surface area contributed by atoms with E-state index in [9.17, 15) is 18.0 Å². The molecule has 160 valence electrons. The lowest BCUT2D eigenvalue weighted by Gasteiger charge is -2.13. The lowest BCUT2D eigenvalue weighted by atomic mass is 10.1. The van der Waals surface area contributed by atoms with E-state index >= 15 is 0 Å². The summed E-state index contributed by atoms with van der Waals surface area (Å²) >= 11 is 0. The molecule has 0 heterocycles. The van der Waals surface area contributed by atoms with Gasteiger partial charge in [-0.15, -0.1) is 0 Å². The Balaban J connectivity index is 1.50.